The molecule has 0 saturated carbocycles. The molecular formula is C7H9NO2. The highest BCUT2D eigenvalue weighted by molar-refractivity contribution is 5.92. The second-order valence-electron chi connectivity index (χ2n) is 2.18. The number of allylic oxidation sites excluding steroid dienone is 4. The Bertz CT molecular complexity index is 204. The minimum Gasteiger partial charge on any atom is -0.294 e. The molecule has 0 spiro atoms. The number of carbonyl (C=O) groups excluding carboxylic acids is 1. The molecule has 1 rings (SSSR count). The quantitative estimate of drug-likeness (QED) is 0.544. The van der Waals surface area contributed by atoms with Crippen molar-refractivity contribution in [2.24, 2.45) is 0 Å². The fraction of sp³-hybridized carbons (Fsp3) is 0.286. The summed E-state index contributed by atoms with van der Waals surface area (Å²) in [6, 6.07) is 0. The normalized spacial score (nSPS) is 17.0. The van der Waals surface area contributed by atoms with Crippen LogP contribution in [0.1, 0.15) is 6.42 Å². The Balaban J connectivity index is 2.70. The molecule has 0 aromatic heterocycles. The molecule has 0 radical (unpaired) electrons. The van der Waals surface area contributed by atoms with E-state index >= 15 is 0 Å². The fourth-order valence-corrected chi connectivity index (χ4v) is 0.785. The monoisotopic (exact) mass is 139 g/mol. The lowest BCUT2D eigenvalue weighted by Crippen LogP contribution is -2.16. The van der Waals surface area contributed by atoms with E-state index in [1.54, 1.807) is 12.2 Å². The molecule has 0 atom stereocenters. The largest absolute Gasteiger partial charge is 0.294 e. The van der Waals surface area contributed by atoms with Gasteiger partial charge in [-0.15, -0.1) is 0 Å². The summed E-state index contributed by atoms with van der Waals surface area (Å²) in [7, 11) is 1.50. The molecule has 3 nitrogen and oxygen atoms in total. The number of carbonyl (C=O) groups is 1. The van der Waals surface area contributed by atoms with Crippen molar-refractivity contribution in [2.75, 3.05) is 7.05 Å². The van der Waals surface area contributed by atoms with Crippen molar-refractivity contribution < 1.29 is 10.0 Å². The number of hydroxylamine groups is 2. The second kappa shape index (κ2) is 2.66. The van der Waals surface area contributed by atoms with Gasteiger partial charge in [0.2, 0.25) is 0 Å². The van der Waals surface area contributed by atoms with Crippen molar-refractivity contribution in [1.29, 1.82) is 0 Å². The van der Waals surface area contributed by atoms with Crippen molar-refractivity contribution in [3.8, 4) is 0 Å². The van der Waals surface area contributed by atoms with Gasteiger partial charge >= 0.3 is 0 Å². The Morgan fingerprint density at radius 2 is 2.40 bits per heavy atom. The lowest BCUT2D eigenvalue weighted by atomic mass is 10.1. The number of ketones is 1. The number of hydrogen-bond donors (Lipinski definition) is 1. The van der Waals surface area contributed by atoms with Crippen molar-refractivity contribution in [3.05, 3.63) is 23.9 Å². The maximum absolute atomic E-state index is 10.7. The minimum absolute atomic E-state index is 0.0263. The molecule has 0 aromatic rings. The third-order valence-corrected chi connectivity index (χ3v) is 1.34. The summed E-state index contributed by atoms with van der Waals surface area (Å²) in [5, 5.41) is 9.83. The van der Waals surface area contributed by atoms with Gasteiger partial charge in [0, 0.05) is 12.7 Å². The second-order valence-corrected chi connectivity index (χ2v) is 2.18. The lowest BCUT2D eigenvalue weighted by molar-refractivity contribution is -0.115. The first kappa shape index (κ1) is 7.02. The van der Waals surface area contributed by atoms with Crippen LogP contribution in [0.5, 0.6) is 0 Å². The van der Waals surface area contributed by atoms with Crippen LogP contribution in [0.3, 0.4) is 0 Å². The Hall–Kier alpha value is -1.09. The standard InChI is InChI=1S/C7H9NO2/c1-8(10)6-3-2-4-7(9)5-6/h2-4,10H,5H2,1H3. The molecule has 54 valence electrons. The van der Waals surface area contributed by atoms with E-state index in [1.807, 2.05) is 0 Å². The number of rotatable bonds is 1. The predicted molar refractivity (Wildman–Crippen MR) is 36.4 cm³/mol. The van der Waals surface area contributed by atoms with E-state index in [1.165, 1.54) is 13.1 Å². The zero-order valence-corrected chi connectivity index (χ0v) is 5.74. The third kappa shape index (κ3) is 1.45. The maximum Gasteiger partial charge on any atom is 0.161 e. The highest BCUT2D eigenvalue weighted by Gasteiger charge is 2.08. The van der Waals surface area contributed by atoms with Gasteiger partial charge in [0.25, 0.3) is 0 Å². The van der Waals surface area contributed by atoms with Gasteiger partial charge in [-0.25, -0.2) is 0 Å². The Labute approximate surface area is 59.2 Å². The van der Waals surface area contributed by atoms with Gasteiger partial charge in [-0.1, -0.05) is 6.08 Å². The smallest absolute Gasteiger partial charge is 0.161 e. The van der Waals surface area contributed by atoms with E-state index in [0.29, 0.717) is 12.1 Å². The van der Waals surface area contributed by atoms with E-state index < -0.39 is 0 Å². The van der Waals surface area contributed by atoms with E-state index in [2.05, 4.69) is 0 Å². The molecule has 1 N–H and O–H groups in total. The summed E-state index contributed by atoms with van der Waals surface area (Å²) in [6.45, 7) is 0. The summed E-state index contributed by atoms with van der Waals surface area (Å²) in [4.78, 5) is 10.7. The number of nitrogens with zero attached hydrogens (tertiary/aromatic N) is 1. The summed E-state index contributed by atoms with van der Waals surface area (Å²) >= 11 is 0. The first-order valence-corrected chi connectivity index (χ1v) is 3.03. The molecule has 1 aliphatic rings. The van der Waals surface area contributed by atoms with Crippen molar-refractivity contribution in [2.45, 2.75) is 6.42 Å². The average molecular weight is 139 g/mol. The van der Waals surface area contributed by atoms with Crippen LogP contribution in [0, 0.1) is 0 Å². The molecule has 0 unspecified atom stereocenters. The van der Waals surface area contributed by atoms with Gasteiger partial charge in [-0.3, -0.25) is 15.1 Å². The van der Waals surface area contributed by atoms with E-state index in [4.69, 9.17) is 5.21 Å². The SMILES string of the molecule is CN(O)C1=CC=CC(=O)C1. The van der Waals surface area contributed by atoms with Crippen LogP contribution in [-0.4, -0.2) is 23.1 Å². The molecule has 0 bridgehead atoms. The van der Waals surface area contributed by atoms with Crippen LogP contribution in [0.25, 0.3) is 0 Å². The molecule has 1 aliphatic carbocycles. The molecule has 0 amide bonds. The molecule has 0 fully saturated rings. The minimum atomic E-state index is 0.0263. The first-order chi connectivity index (χ1) is 4.70. The molecule has 0 aromatic carbocycles. The van der Waals surface area contributed by atoms with Gasteiger partial charge in [0.05, 0.1) is 6.42 Å². The highest BCUT2D eigenvalue weighted by atomic mass is 16.5. The Morgan fingerprint density at radius 1 is 1.70 bits per heavy atom. The Morgan fingerprint density at radius 3 is 2.80 bits per heavy atom. The third-order valence-electron chi connectivity index (χ3n) is 1.34. The number of hydrogen-bond acceptors (Lipinski definition) is 3. The molecule has 3 heteroatoms. The average Bonchev–Trinajstić information content (AvgIpc) is 1.88. The molecular weight excluding hydrogens is 130 g/mol. The maximum atomic E-state index is 10.7. The summed E-state index contributed by atoms with van der Waals surface area (Å²) in [5.74, 6) is 0.0263. The fourth-order valence-electron chi connectivity index (χ4n) is 0.785. The van der Waals surface area contributed by atoms with Crippen molar-refractivity contribution >= 4 is 5.78 Å². The summed E-state index contributed by atoms with van der Waals surface area (Å²) in [5.41, 5.74) is 0.632. The zero-order chi connectivity index (χ0) is 7.56. The zero-order valence-electron chi connectivity index (χ0n) is 5.74. The van der Waals surface area contributed by atoms with Gasteiger partial charge in [-0.05, 0) is 12.2 Å². The van der Waals surface area contributed by atoms with Gasteiger partial charge in [-0.2, -0.15) is 0 Å². The van der Waals surface area contributed by atoms with Crippen LogP contribution in [0.4, 0.5) is 0 Å². The molecule has 0 saturated heterocycles. The van der Waals surface area contributed by atoms with Crippen molar-refractivity contribution in [1.82, 2.24) is 5.06 Å². The first-order valence-electron chi connectivity index (χ1n) is 3.03. The van der Waals surface area contributed by atoms with Crippen LogP contribution in [-0.2, 0) is 4.79 Å². The van der Waals surface area contributed by atoms with Gasteiger partial charge in [0.15, 0.2) is 5.78 Å². The topological polar surface area (TPSA) is 40.5 Å². The van der Waals surface area contributed by atoms with E-state index in [9.17, 15) is 4.79 Å². The summed E-state index contributed by atoms with van der Waals surface area (Å²) < 4.78 is 0. The predicted octanol–water partition coefficient (Wildman–Crippen LogP) is 0.720. The molecule has 10 heavy (non-hydrogen) atoms. The highest BCUT2D eigenvalue weighted by Crippen LogP contribution is 2.09. The summed E-state index contributed by atoms with van der Waals surface area (Å²) in [6.07, 6.45) is 5.13. The van der Waals surface area contributed by atoms with Crippen LogP contribution in [0.15, 0.2) is 23.9 Å². The van der Waals surface area contributed by atoms with Gasteiger partial charge < -0.3 is 0 Å². The van der Waals surface area contributed by atoms with Crippen LogP contribution < -0.4 is 0 Å². The van der Waals surface area contributed by atoms with Gasteiger partial charge in [0.1, 0.15) is 0 Å². The van der Waals surface area contributed by atoms with Crippen LogP contribution >= 0.6 is 0 Å². The van der Waals surface area contributed by atoms with E-state index in [-0.39, 0.29) is 5.78 Å². The lowest BCUT2D eigenvalue weighted by Gasteiger charge is -2.14. The molecule has 0 heterocycles. The molecule has 0 aliphatic heterocycles. The van der Waals surface area contributed by atoms with E-state index in [0.717, 1.165) is 5.06 Å². The van der Waals surface area contributed by atoms with Crippen LogP contribution in [0.2, 0.25) is 0 Å². The Kier molecular flexibility index (Phi) is 1.87. The van der Waals surface area contributed by atoms with Crippen molar-refractivity contribution in [3.63, 3.8) is 0 Å².